The fraction of sp³-hybridized carbons (Fsp3) is 0.429. The van der Waals surface area contributed by atoms with E-state index >= 15 is 0 Å². The summed E-state index contributed by atoms with van der Waals surface area (Å²) < 4.78 is 41.6. The Labute approximate surface area is 176 Å². The van der Waals surface area contributed by atoms with E-state index in [2.05, 4.69) is 15.0 Å². The largest absolute Gasteiger partial charge is 0.367 e. The highest BCUT2D eigenvalue weighted by atomic mass is 32.2. The fourth-order valence-electron chi connectivity index (χ4n) is 3.61. The van der Waals surface area contributed by atoms with Gasteiger partial charge in [-0.05, 0) is 61.9 Å². The number of nitrogens with zero attached hydrogens (tertiary/aromatic N) is 3. The molecular weight excluding hydrogens is 405 g/mol. The number of aromatic nitrogens is 1. The number of nitriles is 1. The molecule has 2 aliphatic rings. The Hall–Kier alpha value is -2.70. The van der Waals surface area contributed by atoms with Gasteiger partial charge in [0.05, 0.1) is 17.3 Å². The molecule has 4 rings (SSSR count). The van der Waals surface area contributed by atoms with Crippen molar-refractivity contribution in [3.8, 4) is 6.07 Å². The Bertz CT molecular complexity index is 1050. The molecule has 0 radical (unpaired) electrons. The van der Waals surface area contributed by atoms with E-state index in [0.717, 1.165) is 32.2 Å². The average molecular weight is 430 g/mol. The number of rotatable bonds is 7. The van der Waals surface area contributed by atoms with E-state index in [4.69, 9.17) is 5.26 Å². The van der Waals surface area contributed by atoms with Crippen molar-refractivity contribution in [3.05, 3.63) is 47.9 Å². The molecule has 1 unspecified atom stereocenters. The van der Waals surface area contributed by atoms with Gasteiger partial charge in [0, 0.05) is 31.9 Å². The van der Waals surface area contributed by atoms with Gasteiger partial charge >= 0.3 is 0 Å². The van der Waals surface area contributed by atoms with Gasteiger partial charge < -0.3 is 10.2 Å². The molecule has 30 heavy (non-hydrogen) atoms. The van der Waals surface area contributed by atoms with Crippen LogP contribution in [0.2, 0.25) is 0 Å². The molecule has 2 aromatic rings. The summed E-state index contributed by atoms with van der Waals surface area (Å²) in [5, 5.41) is 12.2. The summed E-state index contributed by atoms with van der Waals surface area (Å²) in [6.45, 7) is 1.80. The number of halogens is 1. The van der Waals surface area contributed by atoms with Gasteiger partial charge in [-0.3, -0.25) is 0 Å². The summed E-state index contributed by atoms with van der Waals surface area (Å²) in [6.07, 6.45) is 5.30. The van der Waals surface area contributed by atoms with Gasteiger partial charge in [-0.25, -0.2) is 22.5 Å². The van der Waals surface area contributed by atoms with E-state index < -0.39 is 15.8 Å². The van der Waals surface area contributed by atoms with E-state index in [1.54, 1.807) is 24.3 Å². The quantitative estimate of drug-likeness (QED) is 0.702. The van der Waals surface area contributed by atoms with Gasteiger partial charge in [-0.1, -0.05) is 0 Å². The number of nitrogens with one attached hydrogen (secondary N) is 2. The van der Waals surface area contributed by atoms with Crippen LogP contribution in [0, 0.1) is 23.1 Å². The topological polar surface area (TPSA) is 98.1 Å². The first-order chi connectivity index (χ1) is 14.4. The van der Waals surface area contributed by atoms with Crippen molar-refractivity contribution in [1.29, 1.82) is 5.26 Å². The number of hydrogen-bond donors (Lipinski definition) is 2. The lowest BCUT2D eigenvalue weighted by Crippen LogP contribution is -2.42. The molecule has 1 aliphatic heterocycles. The van der Waals surface area contributed by atoms with E-state index in [-0.39, 0.29) is 10.9 Å². The molecule has 1 atom stereocenters. The lowest BCUT2D eigenvalue weighted by molar-refractivity contribution is 0.518. The van der Waals surface area contributed by atoms with Crippen molar-refractivity contribution in [1.82, 2.24) is 9.71 Å². The number of anilines is 2. The first kappa shape index (κ1) is 20.6. The molecule has 158 valence electrons. The molecule has 0 amide bonds. The van der Waals surface area contributed by atoms with Crippen LogP contribution in [0.25, 0.3) is 0 Å². The van der Waals surface area contributed by atoms with Crippen molar-refractivity contribution in [3.63, 3.8) is 0 Å². The third kappa shape index (κ3) is 4.89. The highest BCUT2D eigenvalue weighted by Gasteiger charge is 2.25. The first-order valence-corrected chi connectivity index (χ1v) is 11.6. The van der Waals surface area contributed by atoms with Crippen LogP contribution in [0.3, 0.4) is 0 Å². The Morgan fingerprint density at radius 3 is 2.73 bits per heavy atom. The monoisotopic (exact) mass is 429 g/mol. The van der Waals surface area contributed by atoms with Crippen molar-refractivity contribution >= 4 is 21.5 Å². The van der Waals surface area contributed by atoms with Crippen LogP contribution in [-0.4, -0.2) is 39.1 Å². The smallest absolute Gasteiger partial charge is 0.242 e. The lowest BCUT2D eigenvalue weighted by atomic mass is 10.0. The third-order valence-corrected chi connectivity index (χ3v) is 6.91. The van der Waals surface area contributed by atoms with Gasteiger partial charge in [-0.2, -0.15) is 5.26 Å². The van der Waals surface area contributed by atoms with Gasteiger partial charge in [0.25, 0.3) is 0 Å². The molecular formula is C21H24FN5O2S. The van der Waals surface area contributed by atoms with Crippen LogP contribution >= 0.6 is 0 Å². The van der Waals surface area contributed by atoms with Gasteiger partial charge in [0.2, 0.25) is 10.0 Å². The Kier molecular flexibility index (Phi) is 5.88. The summed E-state index contributed by atoms with van der Waals surface area (Å²) in [4.78, 5) is 6.37. The number of pyridine rings is 1. The summed E-state index contributed by atoms with van der Waals surface area (Å²) in [6, 6.07) is 9.72. The van der Waals surface area contributed by atoms with E-state index in [0.29, 0.717) is 36.1 Å². The minimum atomic E-state index is -3.53. The van der Waals surface area contributed by atoms with Gasteiger partial charge in [-0.15, -0.1) is 0 Å². The summed E-state index contributed by atoms with van der Waals surface area (Å²) in [7, 11) is -3.53. The molecule has 2 heterocycles. The molecule has 1 aliphatic carbocycles. The van der Waals surface area contributed by atoms with Gasteiger partial charge in [0.15, 0.2) is 0 Å². The van der Waals surface area contributed by atoms with Crippen molar-refractivity contribution in [2.75, 3.05) is 29.9 Å². The Morgan fingerprint density at radius 1 is 1.23 bits per heavy atom. The molecule has 7 nitrogen and oxygen atoms in total. The van der Waals surface area contributed by atoms with E-state index in [1.165, 1.54) is 12.3 Å². The predicted octanol–water partition coefficient (Wildman–Crippen LogP) is 2.86. The van der Waals surface area contributed by atoms with Crippen LogP contribution in [0.4, 0.5) is 15.9 Å². The van der Waals surface area contributed by atoms with Crippen LogP contribution in [0.5, 0.6) is 0 Å². The summed E-state index contributed by atoms with van der Waals surface area (Å²) >= 11 is 0. The lowest BCUT2D eigenvalue weighted by Gasteiger charge is -2.35. The highest BCUT2D eigenvalue weighted by molar-refractivity contribution is 7.89. The second-order valence-corrected chi connectivity index (χ2v) is 9.65. The zero-order chi connectivity index (χ0) is 21.1. The minimum absolute atomic E-state index is 0.0525. The average Bonchev–Trinajstić information content (AvgIpc) is 3.57. The Balaban J connectivity index is 1.38. The maximum atomic E-state index is 14.4. The molecule has 2 N–H and O–H groups in total. The standard InChI is InChI=1S/C21H24FN5O2S/c22-19-10-16(11-23)5-7-20(19)27-9-1-2-17(14-27)26-21-8-6-18(13-24-21)30(28,29)25-12-15-3-4-15/h5-8,10,13,15,17,25H,1-4,9,12,14H2,(H,24,26). The maximum Gasteiger partial charge on any atom is 0.242 e. The number of sulfonamides is 1. The number of piperidine rings is 1. The predicted molar refractivity (Wildman–Crippen MR) is 112 cm³/mol. The van der Waals surface area contributed by atoms with Crippen molar-refractivity contribution in [2.45, 2.75) is 36.6 Å². The maximum absolute atomic E-state index is 14.4. The van der Waals surface area contributed by atoms with Crippen molar-refractivity contribution < 1.29 is 12.8 Å². The summed E-state index contributed by atoms with van der Waals surface area (Å²) in [5.41, 5.74) is 0.783. The van der Waals surface area contributed by atoms with Crippen LogP contribution in [0.15, 0.2) is 41.4 Å². The molecule has 9 heteroatoms. The third-order valence-electron chi connectivity index (χ3n) is 5.50. The van der Waals surface area contributed by atoms with Crippen molar-refractivity contribution in [2.24, 2.45) is 5.92 Å². The highest BCUT2D eigenvalue weighted by Crippen LogP contribution is 2.28. The molecule has 1 saturated heterocycles. The van der Waals surface area contributed by atoms with Crippen LogP contribution < -0.4 is 14.9 Å². The molecule has 1 aromatic heterocycles. The number of benzene rings is 1. The van der Waals surface area contributed by atoms with E-state index in [9.17, 15) is 12.8 Å². The van der Waals surface area contributed by atoms with Crippen LogP contribution in [-0.2, 0) is 10.0 Å². The van der Waals surface area contributed by atoms with E-state index in [1.807, 2.05) is 11.0 Å². The normalized spacial score (nSPS) is 19.3. The molecule has 2 fully saturated rings. The second kappa shape index (κ2) is 8.58. The van der Waals surface area contributed by atoms with Gasteiger partial charge in [0.1, 0.15) is 16.5 Å². The minimum Gasteiger partial charge on any atom is -0.367 e. The first-order valence-electron chi connectivity index (χ1n) is 10.1. The molecule has 0 bridgehead atoms. The van der Waals surface area contributed by atoms with Crippen LogP contribution in [0.1, 0.15) is 31.2 Å². The molecule has 0 spiro atoms. The summed E-state index contributed by atoms with van der Waals surface area (Å²) in [5.74, 6) is 0.647. The number of hydrogen-bond acceptors (Lipinski definition) is 6. The zero-order valence-electron chi connectivity index (χ0n) is 16.5. The fourth-order valence-corrected chi connectivity index (χ4v) is 4.67. The Morgan fingerprint density at radius 2 is 2.07 bits per heavy atom. The zero-order valence-corrected chi connectivity index (χ0v) is 17.3. The molecule has 1 aromatic carbocycles. The second-order valence-electron chi connectivity index (χ2n) is 7.88. The SMILES string of the molecule is N#Cc1ccc(N2CCCC(Nc3ccc(S(=O)(=O)NCC4CC4)cn3)C2)c(F)c1. The molecule has 1 saturated carbocycles.